The highest BCUT2D eigenvalue weighted by molar-refractivity contribution is 5.70. The average molecular weight is 385 g/mol. The predicted octanol–water partition coefficient (Wildman–Crippen LogP) is 4.51. The Morgan fingerprint density at radius 3 is 2.37 bits per heavy atom. The van der Waals surface area contributed by atoms with Gasteiger partial charge < -0.3 is 14.2 Å². The zero-order chi connectivity index (χ0) is 20.0. The van der Waals surface area contributed by atoms with Gasteiger partial charge in [0.25, 0.3) is 0 Å². The van der Waals surface area contributed by atoms with Gasteiger partial charge in [-0.1, -0.05) is 19.0 Å². The van der Waals surface area contributed by atoms with Crippen LogP contribution in [-0.4, -0.2) is 45.7 Å². The molecule has 2 fully saturated rings. The SMILES string of the molecule is CC(C)C1(c2nc(C3CCC(F)(F)CC3)no2)CN(C(=O)OC(C)(C)C)C1. The number of carbonyl (C=O) groups excluding carboxylic acids is 1. The molecule has 0 unspecified atom stereocenters. The van der Waals surface area contributed by atoms with Gasteiger partial charge in [0.1, 0.15) is 5.60 Å². The standard InChI is InChI=1S/C19H29F2N3O3/c1-12(2)18(10-24(11-18)16(25)26-17(3,4)5)15-22-14(23-27-15)13-6-8-19(20,21)9-7-13/h12-13H,6-11H2,1-5H3. The average Bonchev–Trinajstić information content (AvgIpc) is 2.93. The first-order valence-electron chi connectivity index (χ1n) is 9.62. The van der Waals surface area contributed by atoms with Crippen molar-refractivity contribution < 1.29 is 22.8 Å². The molecule has 1 saturated heterocycles. The number of alkyl halides is 2. The molecule has 8 heteroatoms. The third-order valence-electron chi connectivity index (χ3n) is 5.65. The van der Waals surface area contributed by atoms with Crippen LogP contribution in [0.2, 0.25) is 0 Å². The number of nitrogens with zero attached hydrogens (tertiary/aromatic N) is 3. The molecule has 1 amide bonds. The highest BCUT2D eigenvalue weighted by Gasteiger charge is 2.54. The van der Waals surface area contributed by atoms with Gasteiger partial charge in [0.2, 0.25) is 11.8 Å². The van der Waals surface area contributed by atoms with E-state index in [2.05, 4.69) is 24.0 Å². The smallest absolute Gasteiger partial charge is 0.410 e. The van der Waals surface area contributed by atoms with E-state index in [0.29, 0.717) is 37.6 Å². The van der Waals surface area contributed by atoms with Crippen LogP contribution in [0.3, 0.4) is 0 Å². The molecule has 1 aliphatic heterocycles. The number of hydrogen-bond donors (Lipinski definition) is 0. The summed E-state index contributed by atoms with van der Waals surface area (Å²) in [4.78, 5) is 18.5. The molecule has 27 heavy (non-hydrogen) atoms. The molecule has 1 aromatic heterocycles. The molecule has 2 heterocycles. The molecule has 6 nitrogen and oxygen atoms in total. The lowest BCUT2D eigenvalue weighted by atomic mass is 9.70. The Labute approximate surface area is 158 Å². The van der Waals surface area contributed by atoms with Crippen molar-refractivity contribution in [2.24, 2.45) is 5.92 Å². The van der Waals surface area contributed by atoms with Crippen molar-refractivity contribution in [2.75, 3.05) is 13.1 Å². The first-order chi connectivity index (χ1) is 12.4. The van der Waals surface area contributed by atoms with E-state index < -0.39 is 16.9 Å². The summed E-state index contributed by atoms with van der Waals surface area (Å²) >= 11 is 0. The lowest BCUT2D eigenvalue weighted by Crippen LogP contribution is -2.64. The molecule has 0 radical (unpaired) electrons. The minimum Gasteiger partial charge on any atom is -0.444 e. The molecule has 0 N–H and O–H groups in total. The number of aromatic nitrogens is 2. The summed E-state index contributed by atoms with van der Waals surface area (Å²) in [6.07, 6.45) is 0.107. The van der Waals surface area contributed by atoms with Crippen LogP contribution in [0.5, 0.6) is 0 Å². The van der Waals surface area contributed by atoms with E-state index in [4.69, 9.17) is 9.26 Å². The van der Waals surface area contributed by atoms with Crippen molar-refractivity contribution in [3.05, 3.63) is 11.7 Å². The van der Waals surface area contributed by atoms with Crippen molar-refractivity contribution in [1.82, 2.24) is 15.0 Å². The van der Waals surface area contributed by atoms with E-state index >= 15 is 0 Å². The second-order valence-electron chi connectivity index (χ2n) is 9.24. The molecule has 0 atom stereocenters. The predicted molar refractivity (Wildman–Crippen MR) is 94.8 cm³/mol. The zero-order valence-corrected chi connectivity index (χ0v) is 16.7. The third-order valence-corrected chi connectivity index (χ3v) is 5.65. The fourth-order valence-corrected chi connectivity index (χ4v) is 3.74. The number of ether oxygens (including phenoxy) is 1. The number of halogens is 2. The molecule has 0 aromatic carbocycles. The summed E-state index contributed by atoms with van der Waals surface area (Å²) in [5, 5.41) is 4.08. The van der Waals surface area contributed by atoms with E-state index in [9.17, 15) is 13.6 Å². The first-order valence-corrected chi connectivity index (χ1v) is 9.62. The van der Waals surface area contributed by atoms with Crippen molar-refractivity contribution >= 4 is 6.09 Å². The van der Waals surface area contributed by atoms with Crippen molar-refractivity contribution in [3.63, 3.8) is 0 Å². The summed E-state index contributed by atoms with van der Waals surface area (Å²) in [5.41, 5.74) is -0.964. The fraction of sp³-hybridized carbons (Fsp3) is 0.842. The Kier molecular flexibility index (Phi) is 4.97. The Bertz CT molecular complexity index is 681. The number of hydrogen-bond acceptors (Lipinski definition) is 5. The van der Waals surface area contributed by atoms with Gasteiger partial charge in [0, 0.05) is 31.8 Å². The summed E-state index contributed by atoms with van der Waals surface area (Å²) in [6.45, 7) is 10.5. The molecule has 1 aliphatic carbocycles. The topological polar surface area (TPSA) is 68.5 Å². The summed E-state index contributed by atoms with van der Waals surface area (Å²) in [6, 6.07) is 0. The van der Waals surface area contributed by atoms with Crippen LogP contribution in [0.4, 0.5) is 13.6 Å². The second-order valence-corrected chi connectivity index (χ2v) is 9.24. The maximum atomic E-state index is 13.4. The quantitative estimate of drug-likeness (QED) is 0.766. The van der Waals surface area contributed by atoms with Crippen molar-refractivity contribution in [3.8, 4) is 0 Å². The van der Waals surface area contributed by atoms with E-state index in [1.165, 1.54) is 0 Å². The Balaban J connectivity index is 1.69. The molecule has 2 aliphatic rings. The van der Waals surface area contributed by atoms with Crippen LogP contribution in [0.25, 0.3) is 0 Å². The van der Waals surface area contributed by atoms with E-state index in [1.807, 2.05) is 20.8 Å². The van der Waals surface area contributed by atoms with Gasteiger partial charge in [-0.3, -0.25) is 0 Å². The van der Waals surface area contributed by atoms with E-state index in [0.717, 1.165) is 0 Å². The lowest BCUT2D eigenvalue weighted by molar-refractivity contribution is -0.0389. The highest BCUT2D eigenvalue weighted by Crippen LogP contribution is 2.43. The Morgan fingerprint density at radius 2 is 1.85 bits per heavy atom. The number of amides is 1. The van der Waals surface area contributed by atoms with Gasteiger partial charge in [-0.05, 0) is 39.5 Å². The molecular weight excluding hydrogens is 356 g/mol. The van der Waals surface area contributed by atoms with Gasteiger partial charge in [0.05, 0.1) is 5.41 Å². The number of likely N-dealkylation sites (tertiary alicyclic amines) is 1. The fourth-order valence-electron chi connectivity index (χ4n) is 3.74. The Morgan fingerprint density at radius 1 is 1.26 bits per heavy atom. The number of rotatable bonds is 3. The molecule has 3 rings (SSSR count). The molecule has 152 valence electrons. The molecular formula is C19H29F2N3O3. The van der Waals surface area contributed by atoms with Gasteiger partial charge in [-0.15, -0.1) is 0 Å². The van der Waals surface area contributed by atoms with Crippen LogP contribution < -0.4 is 0 Å². The van der Waals surface area contributed by atoms with Gasteiger partial charge in [-0.2, -0.15) is 4.98 Å². The molecule has 1 aromatic rings. The van der Waals surface area contributed by atoms with Crippen LogP contribution in [-0.2, 0) is 10.2 Å². The number of carbonyl (C=O) groups is 1. The molecule has 1 saturated carbocycles. The summed E-state index contributed by atoms with van der Waals surface area (Å²) in [5.74, 6) is -1.49. The van der Waals surface area contributed by atoms with Gasteiger partial charge in [0.15, 0.2) is 5.82 Å². The largest absolute Gasteiger partial charge is 0.444 e. The van der Waals surface area contributed by atoms with Gasteiger partial charge in [-0.25, -0.2) is 13.6 Å². The van der Waals surface area contributed by atoms with E-state index in [1.54, 1.807) is 4.90 Å². The minimum absolute atomic E-state index is 0.0895. The second kappa shape index (κ2) is 6.71. The van der Waals surface area contributed by atoms with E-state index in [-0.39, 0.29) is 30.8 Å². The monoisotopic (exact) mass is 385 g/mol. The maximum absolute atomic E-state index is 13.4. The van der Waals surface area contributed by atoms with Gasteiger partial charge >= 0.3 is 6.09 Å². The maximum Gasteiger partial charge on any atom is 0.410 e. The van der Waals surface area contributed by atoms with Crippen LogP contribution in [0.15, 0.2) is 4.52 Å². The highest BCUT2D eigenvalue weighted by atomic mass is 19.3. The third kappa shape index (κ3) is 4.09. The lowest BCUT2D eigenvalue weighted by Gasteiger charge is -2.49. The van der Waals surface area contributed by atoms with Crippen molar-refractivity contribution in [2.45, 2.75) is 83.2 Å². The Hall–Kier alpha value is -1.73. The summed E-state index contributed by atoms with van der Waals surface area (Å²) in [7, 11) is 0. The van der Waals surface area contributed by atoms with Crippen molar-refractivity contribution in [1.29, 1.82) is 0 Å². The first kappa shape index (κ1) is 20.0. The minimum atomic E-state index is -2.58. The zero-order valence-electron chi connectivity index (χ0n) is 16.7. The molecule has 0 spiro atoms. The van der Waals surface area contributed by atoms with Crippen LogP contribution in [0, 0.1) is 5.92 Å². The molecule has 0 bridgehead atoms. The van der Waals surface area contributed by atoms with Crippen LogP contribution >= 0.6 is 0 Å². The summed E-state index contributed by atoms with van der Waals surface area (Å²) < 4.78 is 37.7. The van der Waals surface area contributed by atoms with Crippen LogP contribution in [0.1, 0.15) is 77.9 Å². The normalized spacial score (nSPS) is 22.6.